The van der Waals surface area contributed by atoms with Gasteiger partial charge in [-0.25, -0.2) is 8.42 Å². The van der Waals surface area contributed by atoms with Gasteiger partial charge in [0.05, 0.1) is 15.8 Å². The van der Waals surface area contributed by atoms with Crippen LogP contribution in [0.3, 0.4) is 0 Å². The number of anilines is 1. The van der Waals surface area contributed by atoms with Crippen molar-refractivity contribution < 1.29 is 22.7 Å². The summed E-state index contributed by atoms with van der Waals surface area (Å²) in [6.07, 6.45) is -0.185. The third kappa shape index (κ3) is 4.63. The number of rotatable bonds is 6. The van der Waals surface area contributed by atoms with Crippen LogP contribution in [-0.2, 0) is 26.0 Å². The average molecular weight is 423 g/mol. The quantitative estimate of drug-likeness (QED) is 0.744. The molecular formula is C19H19ClN2O5S. The van der Waals surface area contributed by atoms with E-state index in [1.165, 1.54) is 25.1 Å². The van der Waals surface area contributed by atoms with E-state index in [0.29, 0.717) is 16.5 Å². The summed E-state index contributed by atoms with van der Waals surface area (Å²) in [5.41, 5.74) is 1.16. The molecule has 0 unspecified atom stereocenters. The molecule has 0 saturated heterocycles. The zero-order valence-electron chi connectivity index (χ0n) is 15.1. The summed E-state index contributed by atoms with van der Waals surface area (Å²) in [6, 6.07) is 11.3. The summed E-state index contributed by atoms with van der Waals surface area (Å²) in [4.78, 5) is 23.6. The Labute approximate surface area is 168 Å². The molecule has 9 heteroatoms. The summed E-state index contributed by atoms with van der Waals surface area (Å²) in [6.45, 7) is 1.65. The highest BCUT2D eigenvalue weighted by Crippen LogP contribution is 2.31. The van der Waals surface area contributed by atoms with E-state index in [1.807, 2.05) is 0 Å². The van der Waals surface area contributed by atoms with E-state index in [9.17, 15) is 18.0 Å². The molecule has 1 atom stereocenters. The van der Waals surface area contributed by atoms with Crippen molar-refractivity contribution >= 4 is 38.9 Å². The summed E-state index contributed by atoms with van der Waals surface area (Å²) >= 11 is 5.82. The number of ether oxygens (including phenoxy) is 1. The molecule has 0 saturated carbocycles. The Hall–Kier alpha value is -2.58. The molecule has 1 aliphatic heterocycles. The van der Waals surface area contributed by atoms with Crippen LogP contribution >= 0.6 is 11.6 Å². The third-order valence-corrected chi connectivity index (χ3v) is 6.71. The maximum Gasteiger partial charge on any atom is 0.262 e. The van der Waals surface area contributed by atoms with Gasteiger partial charge in [-0.3, -0.25) is 9.59 Å². The predicted molar refractivity (Wildman–Crippen MR) is 105 cm³/mol. The predicted octanol–water partition coefficient (Wildman–Crippen LogP) is 2.54. The molecule has 0 spiro atoms. The molecular weight excluding hydrogens is 404 g/mol. The molecule has 2 aromatic carbocycles. The smallest absolute Gasteiger partial charge is 0.262 e. The van der Waals surface area contributed by atoms with Gasteiger partial charge in [-0.15, -0.1) is 0 Å². The Morgan fingerprint density at radius 1 is 1.25 bits per heavy atom. The fourth-order valence-corrected chi connectivity index (χ4v) is 4.22. The monoisotopic (exact) mass is 422 g/mol. The van der Waals surface area contributed by atoms with Gasteiger partial charge in [-0.1, -0.05) is 23.7 Å². The van der Waals surface area contributed by atoms with Crippen molar-refractivity contribution in [2.24, 2.45) is 0 Å². The summed E-state index contributed by atoms with van der Waals surface area (Å²) < 4.78 is 30.8. The Morgan fingerprint density at radius 2 is 1.96 bits per heavy atom. The standard InChI is InChI=1S/C19H19ClN2O5S/c1-12(8-18(23)21-10-13-2-4-14(20)5-3-13)28(25,26)15-6-7-17-16(9-15)22-19(24)11-27-17/h2-7,9,12H,8,10-11H2,1H3,(H,21,23)(H,22,24)/t12-/m0/s1. The van der Waals surface area contributed by atoms with E-state index in [-0.39, 0.29) is 36.3 Å². The molecule has 2 aromatic rings. The Morgan fingerprint density at radius 3 is 2.68 bits per heavy atom. The summed E-state index contributed by atoms with van der Waals surface area (Å²) in [5, 5.41) is 4.95. The highest BCUT2D eigenvalue weighted by molar-refractivity contribution is 7.92. The summed E-state index contributed by atoms with van der Waals surface area (Å²) in [5.74, 6) is -0.316. The number of sulfone groups is 1. The van der Waals surface area contributed by atoms with Gasteiger partial charge in [0.25, 0.3) is 5.91 Å². The number of carbonyl (C=O) groups excluding carboxylic acids is 2. The van der Waals surface area contributed by atoms with Crippen LogP contribution in [-0.4, -0.2) is 32.1 Å². The molecule has 3 rings (SSSR count). The topological polar surface area (TPSA) is 102 Å². The normalized spacial score (nSPS) is 14.4. The van der Waals surface area contributed by atoms with Crippen LogP contribution < -0.4 is 15.4 Å². The molecule has 0 radical (unpaired) electrons. The van der Waals surface area contributed by atoms with Crippen molar-refractivity contribution in [2.45, 2.75) is 30.0 Å². The van der Waals surface area contributed by atoms with Gasteiger partial charge < -0.3 is 15.4 Å². The highest BCUT2D eigenvalue weighted by atomic mass is 35.5. The second kappa shape index (κ2) is 8.20. The number of hydrogen-bond acceptors (Lipinski definition) is 5. The maximum atomic E-state index is 12.8. The van der Waals surface area contributed by atoms with E-state index in [1.54, 1.807) is 24.3 Å². The Bertz CT molecular complexity index is 1010. The van der Waals surface area contributed by atoms with Gasteiger partial charge in [0.15, 0.2) is 16.4 Å². The lowest BCUT2D eigenvalue weighted by atomic mass is 10.2. The fourth-order valence-electron chi connectivity index (χ4n) is 2.72. The SMILES string of the molecule is C[C@@H](CC(=O)NCc1ccc(Cl)cc1)S(=O)(=O)c1ccc2c(c1)NC(=O)CO2. The van der Waals surface area contributed by atoms with Crippen molar-refractivity contribution in [3.8, 4) is 5.75 Å². The lowest BCUT2D eigenvalue weighted by Gasteiger charge is -2.19. The van der Waals surface area contributed by atoms with Gasteiger partial charge in [0, 0.05) is 18.0 Å². The van der Waals surface area contributed by atoms with Crippen LogP contribution in [0.5, 0.6) is 5.75 Å². The van der Waals surface area contributed by atoms with Gasteiger partial charge in [-0.2, -0.15) is 0 Å². The molecule has 0 aliphatic carbocycles. The number of fused-ring (bicyclic) bond motifs is 1. The number of amides is 2. The van der Waals surface area contributed by atoms with Crippen LogP contribution in [0.25, 0.3) is 0 Å². The Balaban J connectivity index is 1.64. The van der Waals surface area contributed by atoms with Crippen molar-refractivity contribution in [1.29, 1.82) is 0 Å². The molecule has 28 heavy (non-hydrogen) atoms. The lowest BCUT2D eigenvalue weighted by Crippen LogP contribution is -2.30. The van der Waals surface area contributed by atoms with Gasteiger partial charge in [0.2, 0.25) is 5.91 Å². The van der Waals surface area contributed by atoms with Crippen molar-refractivity contribution in [1.82, 2.24) is 5.32 Å². The van der Waals surface area contributed by atoms with Gasteiger partial charge >= 0.3 is 0 Å². The molecule has 1 aliphatic rings. The minimum Gasteiger partial charge on any atom is -0.482 e. The van der Waals surface area contributed by atoms with E-state index >= 15 is 0 Å². The van der Waals surface area contributed by atoms with E-state index < -0.39 is 15.1 Å². The number of carbonyl (C=O) groups is 2. The fraction of sp³-hybridized carbons (Fsp3) is 0.263. The summed E-state index contributed by atoms with van der Waals surface area (Å²) in [7, 11) is -3.76. The zero-order chi connectivity index (χ0) is 20.3. The van der Waals surface area contributed by atoms with Crippen LogP contribution in [0, 0.1) is 0 Å². The molecule has 2 N–H and O–H groups in total. The highest BCUT2D eigenvalue weighted by Gasteiger charge is 2.27. The first-order valence-corrected chi connectivity index (χ1v) is 10.5. The largest absolute Gasteiger partial charge is 0.482 e. The molecule has 148 valence electrons. The molecule has 0 fully saturated rings. The minimum absolute atomic E-state index is 0.0232. The minimum atomic E-state index is -3.76. The molecule has 0 bridgehead atoms. The van der Waals surface area contributed by atoms with Crippen molar-refractivity contribution in [2.75, 3.05) is 11.9 Å². The van der Waals surface area contributed by atoms with Crippen molar-refractivity contribution in [3.63, 3.8) is 0 Å². The zero-order valence-corrected chi connectivity index (χ0v) is 16.6. The second-order valence-electron chi connectivity index (χ2n) is 6.46. The number of hydrogen-bond donors (Lipinski definition) is 2. The lowest BCUT2D eigenvalue weighted by molar-refractivity contribution is -0.121. The molecule has 2 amide bonds. The molecule has 7 nitrogen and oxygen atoms in total. The first-order chi connectivity index (χ1) is 13.3. The van der Waals surface area contributed by atoms with Crippen LogP contribution in [0.1, 0.15) is 18.9 Å². The average Bonchev–Trinajstić information content (AvgIpc) is 2.66. The van der Waals surface area contributed by atoms with E-state index in [0.717, 1.165) is 5.56 Å². The van der Waals surface area contributed by atoms with Crippen LogP contribution in [0.4, 0.5) is 5.69 Å². The van der Waals surface area contributed by atoms with Crippen LogP contribution in [0.15, 0.2) is 47.4 Å². The third-order valence-electron chi connectivity index (χ3n) is 4.32. The van der Waals surface area contributed by atoms with E-state index in [2.05, 4.69) is 10.6 Å². The maximum absolute atomic E-state index is 12.8. The molecule has 1 heterocycles. The van der Waals surface area contributed by atoms with Gasteiger partial charge in [-0.05, 0) is 42.8 Å². The van der Waals surface area contributed by atoms with Gasteiger partial charge in [0.1, 0.15) is 5.75 Å². The number of nitrogens with one attached hydrogen (secondary N) is 2. The number of benzene rings is 2. The number of halogens is 1. The molecule has 0 aromatic heterocycles. The Kier molecular flexibility index (Phi) is 5.90. The first-order valence-electron chi connectivity index (χ1n) is 8.57. The first kappa shape index (κ1) is 20.2. The van der Waals surface area contributed by atoms with Crippen LogP contribution in [0.2, 0.25) is 5.02 Å². The second-order valence-corrected chi connectivity index (χ2v) is 9.26. The van der Waals surface area contributed by atoms with Crippen molar-refractivity contribution in [3.05, 3.63) is 53.1 Å². The van der Waals surface area contributed by atoms with E-state index in [4.69, 9.17) is 16.3 Å².